The molecule has 6 unspecified atom stereocenters. The van der Waals surface area contributed by atoms with Crippen LogP contribution in [0.3, 0.4) is 0 Å². The van der Waals surface area contributed by atoms with E-state index in [2.05, 4.69) is 0 Å². The van der Waals surface area contributed by atoms with E-state index in [0.29, 0.717) is 36.6 Å². The summed E-state index contributed by atoms with van der Waals surface area (Å²) in [6.45, 7) is 3.86. The molecule has 0 aliphatic carbocycles. The lowest BCUT2D eigenvalue weighted by atomic mass is 10.0. The summed E-state index contributed by atoms with van der Waals surface area (Å²) in [7, 11) is 0. The van der Waals surface area contributed by atoms with Gasteiger partial charge in [-0.25, -0.2) is 0 Å². The maximum absolute atomic E-state index is 6.66. The van der Waals surface area contributed by atoms with Gasteiger partial charge in [-0.05, 0) is 25.7 Å². The Morgan fingerprint density at radius 3 is 1.28 bits per heavy atom. The van der Waals surface area contributed by atoms with E-state index in [9.17, 15) is 0 Å². The normalized spacial score (nSPS) is 31.4. The Bertz CT molecular complexity index is 403. The smallest absolute Gasteiger partial charge is 0.0834 e. The molecular weight excluding hydrogens is 368 g/mol. The molecule has 4 fully saturated rings. The SMILES string of the molecule is C(CCCC(CC1CO1)OC(CCCCCCC1CO1)CC1CO1)CCC1CO1. The minimum Gasteiger partial charge on any atom is -0.375 e. The molecule has 5 heteroatoms. The summed E-state index contributed by atoms with van der Waals surface area (Å²) in [6.07, 6.45) is 20.3. The zero-order valence-corrected chi connectivity index (χ0v) is 18.2. The second-order valence-corrected chi connectivity index (χ2v) is 9.66. The average molecular weight is 411 g/mol. The van der Waals surface area contributed by atoms with E-state index >= 15 is 0 Å². The first-order valence-electron chi connectivity index (χ1n) is 12.5. The lowest BCUT2D eigenvalue weighted by molar-refractivity contribution is -0.0359. The minimum atomic E-state index is 0.366. The van der Waals surface area contributed by atoms with Crippen LogP contribution in [0.2, 0.25) is 0 Å². The van der Waals surface area contributed by atoms with Crippen molar-refractivity contribution < 1.29 is 23.7 Å². The maximum atomic E-state index is 6.66. The first-order chi connectivity index (χ1) is 14.3. The van der Waals surface area contributed by atoms with Crippen molar-refractivity contribution in [3.05, 3.63) is 0 Å². The van der Waals surface area contributed by atoms with E-state index in [-0.39, 0.29) is 0 Å². The van der Waals surface area contributed by atoms with E-state index < -0.39 is 0 Å². The van der Waals surface area contributed by atoms with Crippen LogP contribution in [-0.4, -0.2) is 63.1 Å². The van der Waals surface area contributed by atoms with Gasteiger partial charge in [0.2, 0.25) is 0 Å². The zero-order chi connectivity index (χ0) is 19.7. The molecule has 168 valence electrons. The van der Waals surface area contributed by atoms with Gasteiger partial charge in [-0.15, -0.1) is 0 Å². The van der Waals surface area contributed by atoms with Crippen LogP contribution in [0.4, 0.5) is 0 Å². The number of hydrogen-bond acceptors (Lipinski definition) is 5. The molecule has 4 saturated heterocycles. The molecule has 6 atom stereocenters. The summed E-state index contributed by atoms with van der Waals surface area (Å²) in [5.74, 6) is 0. The van der Waals surface area contributed by atoms with Crippen LogP contribution in [0, 0.1) is 0 Å². The van der Waals surface area contributed by atoms with Gasteiger partial charge in [-0.3, -0.25) is 0 Å². The molecule has 29 heavy (non-hydrogen) atoms. The highest BCUT2D eigenvalue weighted by molar-refractivity contribution is 4.79. The summed E-state index contributed by atoms with van der Waals surface area (Å²) in [5.41, 5.74) is 0. The molecule has 4 aliphatic heterocycles. The molecule has 0 bridgehead atoms. The Kier molecular flexibility index (Phi) is 9.10. The third kappa shape index (κ3) is 10.6. The van der Waals surface area contributed by atoms with Crippen molar-refractivity contribution in [2.45, 2.75) is 127 Å². The van der Waals surface area contributed by atoms with Crippen LogP contribution in [-0.2, 0) is 23.7 Å². The van der Waals surface area contributed by atoms with Crippen molar-refractivity contribution in [3.8, 4) is 0 Å². The maximum Gasteiger partial charge on any atom is 0.0834 e. The molecule has 0 radical (unpaired) electrons. The van der Waals surface area contributed by atoms with Crippen LogP contribution in [0.5, 0.6) is 0 Å². The molecule has 0 saturated carbocycles. The first kappa shape index (κ1) is 22.0. The number of ether oxygens (including phenoxy) is 5. The predicted molar refractivity (Wildman–Crippen MR) is 112 cm³/mol. The van der Waals surface area contributed by atoms with E-state index in [0.717, 1.165) is 39.3 Å². The topological polar surface area (TPSA) is 59.4 Å². The van der Waals surface area contributed by atoms with Crippen molar-refractivity contribution in [2.24, 2.45) is 0 Å². The van der Waals surface area contributed by atoms with E-state index in [1.165, 1.54) is 77.0 Å². The number of unbranched alkanes of at least 4 members (excludes halogenated alkanes) is 6. The highest BCUT2D eigenvalue weighted by Gasteiger charge is 2.31. The van der Waals surface area contributed by atoms with Gasteiger partial charge in [0.15, 0.2) is 0 Å². The Balaban J connectivity index is 1.09. The molecule has 0 aromatic carbocycles. The summed E-state index contributed by atoms with van der Waals surface area (Å²) >= 11 is 0. The Morgan fingerprint density at radius 1 is 0.517 bits per heavy atom. The fraction of sp³-hybridized carbons (Fsp3) is 1.00. The second-order valence-electron chi connectivity index (χ2n) is 9.66. The highest BCUT2D eigenvalue weighted by Crippen LogP contribution is 2.28. The van der Waals surface area contributed by atoms with Crippen molar-refractivity contribution in [1.82, 2.24) is 0 Å². The lowest BCUT2D eigenvalue weighted by Gasteiger charge is -2.25. The first-order valence-corrected chi connectivity index (χ1v) is 12.5. The van der Waals surface area contributed by atoms with Crippen molar-refractivity contribution in [3.63, 3.8) is 0 Å². The van der Waals surface area contributed by atoms with Gasteiger partial charge in [0.05, 0.1) is 63.1 Å². The van der Waals surface area contributed by atoms with E-state index in [1.807, 2.05) is 0 Å². The van der Waals surface area contributed by atoms with Crippen LogP contribution in [0.15, 0.2) is 0 Å². The van der Waals surface area contributed by atoms with Crippen LogP contribution >= 0.6 is 0 Å². The standard InChI is InChI=1S/C24H42O5/c1(3-7-11-21-15-25-21)5-9-19(13-23-17-27-23)29-20(14-24-18-28-24)10-6-2-4-8-12-22-16-26-22/h19-24H,1-18H2. The minimum absolute atomic E-state index is 0.366. The predicted octanol–water partition coefficient (Wildman–Crippen LogP) is 4.80. The fourth-order valence-corrected chi connectivity index (χ4v) is 4.41. The molecule has 0 spiro atoms. The van der Waals surface area contributed by atoms with Gasteiger partial charge < -0.3 is 23.7 Å². The Labute approximate surface area is 177 Å². The van der Waals surface area contributed by atoms with E-state index in [1.54, 1.807) is 0 Å². The molecule has 4 aliphatic rings. The molecule has 0 aromatic rings. The molecule has 4 rings (SSSR count). The molecule has 4 heterocycles. The number of epoxide rings is 4. The highest BCUT2D eigenvalue weighted by atomic mass is 16.6. The third-order valence-electron chi connectivity index (χ3n) is 6.65. The van der Waals surface area contributed by atoms with Crippen molar-refractivity contribution in [1.29, 1.82) is 0 Å². The molecule has 0 N–H and O–H groups in total. The monoisotopic (exact) mass is 410 g/mol. The van der Waals surface area contributed by atoms with E-state index in [4.69, 9.17) is 23.7 Å². The fourth-order valence-electron chi connectivity index (χ4n) is 4.41. The Morgan fingerprint density at radius 2 is 0.897 bits per heavy atom. The summed E-state index contributed by atoms with van der Waals surface area (Å²) < 4.78 is 28.3. The summed E-state index contributed by atoms with van der Waals surface area (Å²) in [5, 5.41) is 0. The molecule has 5 nitrogen and oxygen atoms in total. The van der Waals surface area contributed by atoms with Gasteiger partial charge in [-0.2, -0.15) is 0 Å². The number of hydrogen-bond donors (Lipinski definition) is 0. The largest absolute Gasteiger partial charge is 0.375 e. The van der Waals surface area contributed by atoms with Crippen molar-refractivity contribution >= 4 is 0 Å². The molecule has 0 aromatic heterocycles. The lowest BCUT2D eigenvalue weighted by Crippen LogP contribution is -2.25. The van der Waals surface area contributed by atoms with Gasteiger partial charge in [0, 0.05) is 12.8 Å². The molecule has 0 amide bonds. The van der Waals surface area contributed by atoms with Crippen LogP contribution in [0.25, 0.3) is 0 Å². The van der Waals surface area contributed by atoms with Crippen LogP contribution < -0.4 is 0 Å². The van der Waals surface area contributed by atoms with Gasteiger partial charge in [0.1, 0.15) is 0 Å². The summed E-state index contributed by atoms with van der Waals surface area (Å²) in [4.78, 5) is 0. The van der Waals surface area contributed by atoms with Crippen LogP contribution in [0.1, 0.15) is 89.9 Å². The zero-order valence-electron chi connectivity index (χ0n) is 18.2. The van der Waals surface area contributed by atoms with Gasteiger partial charge >= 0.3 is 0 Å². The molecular formula is C24H42O5. The second kappa shape index (κ2) is 12.0. The van der Waals surface area contributed by atoms with Gasteiger partial charge in [-0.1, -0.05) is 51.4 Å². The Hall–Kier alpha value is -0.200. The number of rotatable bonds is 20. The van der Waals surface area contributed by atoms with Crippen molar-refractivity contribution in [2.75, 3.05) is 26.4 Å². The van der Waals surface area contributed by atoms with Gasteiger partial charge in [0.25, 0.3) is 0 Å². The third-order valence-corrected chi connectivity index (χ3v) is 6.65. The quantitative estimate of drug-likeness (QED) is 0.213. The summed E-state index contributed by atoms with van der Waals surface area (Å²) in [6, 6.07) is 0. The average Bonchev–Trinajstić information content (AvgIpc) is 3.55.